The summed E-state index contributed by atoms with van der Waals surface area (Å²) in [4.78, 5) is 15.3. The number of carbonyl (C=O) groups excluding carboxylic acids is 1. The average Bonchev–Trinajstić information content (AvgIpc) is 2.74. The van der Waals surface area contributed by atoms with Crippen LogP contribution in [0.4, 0.5) is 4.79 Å². The molecule has 0 radical (unpaired) electrons. The lowest BCUT2D eigenvalue weighted by Crippen LogP contribution is -2.41. The predicted molar refractivity (Wildman–Crippen MR) is 82.3 cm³/mol. The molecular weight excluding hydrogens is 257 g/mol. The maximum atomic E-state index is 12.0. The second kappa shape index (κ2) is 5.57. The maximum Gasteiger partial charge on any atom is 0.410 e. The molecule has 0 saturated carbocycles. The quantitative estimate of drug-likeness (QED) is 0.737. The van der Waals surface area contributed by atoms with Crippen molar-refractivity contribution in [3.05, 3.63) is 17.0 Å². The molecule has 19 heavy (non-hydrogen) atoms. The minimum Gasteiger partial charge on any atom is -0.444 e. The Balaban J connectivity index is 1.87. The van der Waals surface area contributed by atoms with E-state index >= 15 is 0 Å². The zero-order valence-corrected chi connectivity index (χ0v) is 13.0. The van der Waals surface area contributed by atoms with Gasteiger partial charge in [0.05, 0.1) is 0 Å². The van der Waals surface area contributed by atoms with Gasteiger partial charge in [0.1, 0.15) is 5.60 Å². The Bertz CT molecular complexity index is 445. The van der Waals surface area contributed by atoms with E-state index in [1.165, 1.54) is 9.65 Å². The summed E-state index contributed by atoms with van der Waals surface area (Å²) in [5.74, 6) is 0.609. The van der Waals surface area contributed by atoms with E-state index in [4.69, 9.17) is 4.74 Å². The number of nitrogens with zero attached hydrogens (tertiary/aromatic N) is 1. The highest BCUT2D eigenvalue weighted by molar-refractivity contribution is 7.20. The van der Waals surface area contributed by atoms with Gasteiger partial charge in [-0.1, -0.05) is 6.07 Å². The summed E-state index contributed by atoms with van der Waals surface area (Å²) in [5.41, 5.74) is -0.404. The molecule has 1 aliphatic rings. The summed E-state index contributed by atoms with van der Waals surface area (Å²) in [6.07, 6.45) is 1.91. The number of carbonyl (C=O) groups is 1. The van der Waals surface area contributed by atoms with Crippen LogP contribution < -0.4 is 4.78 Å². The van der Waals surface area contributed by atoms with E-state index in [1.807, 2.05) is 37.0 Å². The van der Waals surface area contributed by atoms with Crippen LogP contribution in [0, 0.1) is 0 Å². The van der Waals surface area contributed by atoms with Gasteiger partial charge in [-0.3, -0.25) is 0 Å². The highest BCUT2D eigenvalue weighted by atomic mass is 32.1. The summed E-state index contributed by atoms with van der Waals surface area (Å²) >= 11 is 1.88. The molecule has 1 aliphatic heterocycles. The molecule has 1 fully saturated rings. The van der Waals surface area contributed by atoms with Gasteiger partial charge in [0.25, 0.3) is 0 Å². The van der Waals surface area contributed by atoms with Gasteiger partial charge in [0, 0.05) is 18.0 Å². The van der Waals surface area contributed by atoms with Crippen molar-refractivity contribution >= 4 is 30.1 Å². The third kappa shape index (κ3) is 4.00. The lowest BCUT2D eigenvalue weighted by atomic mass is 9.95. The van der Waals surface area contributed by atoms with Crippen LogP contribution in [0.3, 0.4) is 0 Å². The molecule has 0 bridgehead atoms. The van der Waals surface area contributed by atoms with E-state index in [-0.39, 0.29) is 6.09 Å². The molecule has 0 spiro atoms. The molecule has 104 valence electrons. The second-order valence-electron chi connectivity index (χ2n) is 6.19. The maximum absolute atomic E-state index is 12.0. The zero-order valence-electron chi connectivity index (χ0n) is 12.2. The van der Waals surface area contributed by atoms with Gasteiger partial charge >= 0.3 is 6.09 Å². The number of thiophene rings is 1. The van der Waals surface area contributed by atoms with Gasteiger partial charge in [-0.15, -0.1) is 0 Å². The lowest BCUT2D eigenvalue weighted by Gasteiger charge is -2.33. The molecule has 1 saturated heterocycles. The first-order chi connectivity index (χ1) is 8.85. The molecular formula is C14H22BNO2S. The van der Waals surface area contributed by atoms with Gasteiger partial charge in [-0.25, -0.2) is 4.79 Å². The number of hydrogen-bond donors (Lipinski definition) is 0. The number of rotatable bonds is 1. The van der Waals surface area contributed by atoms with E-state index in [0.29, 0.717) is 5.92 Å². The van der Waals surface area contributed by atoms with Crippen LogP contribution in [0.25, 0.3) is 0 Å². The second-order valence-corrected chi connectivity index (χ2v) is 7.51. The molecule has 0 N–H and O–H groups in total. The Morgan fingerprint density at radius 2 is 2.00 bits per heavy atom. The first kappa shape index (κ1) is 14.4. The van der Waals surface area contributed by atoms with Gasteiger partial charge in [0.2, 0.25) is 0 Å². The minimum atomic E-state index is -0.404. The summed E-state index contributed by atoms with van der Waals surface area (Å²) in [5, 5.41) is 0. The highest BCUT2D eigenvalue weighted by Crippen LogP contribution is 2.30. The van der Waals surface area contributed by atoms with Gasteiger partial charge in [-0.2, -0.15) is 11.3 Å². The first-order valence-corrected chi connectivity index (χ1v) is 7.71. The van der Waals surface area contributed by atoms with Gasteiger partial charge in [-0.05, 0) is 50.4 Å². The zero-order chi connectivity index (χ0) is 14.0. The number of ether oxygens (including phenoxy) is 1. The fourth-order valence-electron chi connectivity index (χ4n) is 2.35. The van der Waals surface area contributed by atoms with Crippen LogP contribution in [0.5, 0.6) is 0 Å². The Labute approximate surface area is 120 Å². The van der Waals surface area contributed by atoms with Crippen LogP contribution in [-0.4, -0.2) is 37.5 Å². The van der Waals surface area contributed by atoms with Crippen molar-refractivity contribution in [2.24, 2.45) is 0 Å². The van der Waals surface area contributed by atoms with Crippen LogP contribution in [-0.2, 0) is 4.74 Å². The Kier molecular flexibility index (Phi) is 4.24. The fraction of sp³-hybridized carbons (Fsp3) is 0.643. The largest absolute Gasteiger partial charge is 0.444 e. The summed E-state index contributed by atoms with van der Waals surface area (Å²) in [7, 11) is 2.14. The smallest absolute Gasteiger partial charge is 0.410 e. The topological polar surface area (TPSA) is 29.5 Å². The number of likely N-dealkylation sites (tertiary alicyclic amines) is 1. The number of hydrogen-bond acceptors (Lipinski definition) is 3. The molecule has 1 aromatic heterocycles. The number of amides is 1. The Morgan fingerprint density at radius 3 is 2.47 bits per heavy atom. The Hall–Kier alpha value is -0.965. The lowest BCUT2D eigenvalue weighted by molar-refractivity contribution is 0.0205. The molecule has 0 atom stereocenters. The molecule has 3 nitrogen and oxygen atoms in total. The monoisotopic (exact) mass is 279 g/mol. The minimum absolute atomic E-state index is 0.173. The van der Waals surface area contributed by atoms with Crippen molar-refractivity contribution in [1.82, 2.24) is 4.90 Å². The van der Waals surface area contributed by atoms with Crippen LogP contribution in [0.1, 0.15) is 44.4 Å². The fourth-order valence-corrected chi connectivity index (χ4v) is 3.39. The molecule has 2 heterocycles. The van der Waals surface area contributed by atoms with E-state index < -0.39 is 5.60 Å². The van der Waals surface area contributed by atoms with E-state index in [2.05, 4.69) is 20.0 Å². The predicted octanol–water partition coefficient (Wildman–Crippen LogP) is 2.12. The van der Waals surface area contributed by atoms with Gasteiger partial charge < -0.3 is 9.64 Å². The molecule has 0 unspecified atom stereocenters. The Morgan fingerprint density at radius 1 is 1.37 bits per heavy atom. The molecule has 2 rings (SSSR count). The van der Waals surface area contributed by atoms with Crippen molar-refractivity contribution in [2.75, 3.05) is 13.1 Å². The van der Waals surface area contributed by atoms with Crippen molar-refractivity contribution in [3.63, 3.8) is 0 Å². The van der Waals surface area contributed by atoms with Crippen LogP contribution in [0.2, 0.25) is 0 Å². The highest BCUT2D eigenvalue weighted by Gasteiger charge is 2.27. The van der Waals surface area contributed by atoms with E-state index in [9.17, 15) is 4.79 Å². The molecule has 1 aromatic rings. The van der Waals surface area contributed by atoms with Crippen molar-refractivity contribution < 1.29 is 9.53 Å². The average molecular weight is 279 g/mol. The summed E-state index contributed by atoms with van der Waals surface area (Å²) in [6.45, 7) is 7.33. The summed E-state index contributed by atoms with van der Waals surface area (Å²) in [6, 6.07) is 4.41. The van der Waals surface area contributed by atoms with E-state index in [1.54, 1.807) is 0 Å². The van der Waals surface area contributed by atoms with Crippen molar-refractivity contribution in [2.45, 2.75) is 45.1 Å². The SMILES string of the molecule is Bc1ccc(C2CCN(C(=O)OC(C)(C)C)CC2)s1. The first-order valence-electron chi connectivity index (χ1n) is 6.89. The van der Waals surface area contributed by atoms with Gasteiger partial charge in [0.15, 0.2) is 7.85 Å². The van der Waals surface area contributed by atoms with E-state index in [0.717, 1.165) is 25.9 Å². The number of piperidine rings is 1. The third-order valence-corrected chi connectivity index (χ3v) is 4.47. The summed E-state index contributed by atoms with van der Waals surface area (Å²) < 4.78 is 6.78. The third-order valence-electron chi connectivity index (χ3n) is 3.31. The molecule has 0 aromatic carbocycles. The molecule has 0 aliphatic carbocycles. The normalized spacial score (nSPS) is 17.5. The van der Waals surface area contributed by atoms with Crippen LogP contribution >= 0.6 is 11.3 Å². The van der Waals surface area contributed by atoms with Crippen LogP contribution in [0.15, 0.2) is 12.1 Å². The standard InChI is InChI=1S/C14H22BNO2S/c1-14(2,3)18-13(17)16-8-6-10(7-9-16)11-4-5-12(15)19-11/h4-5,10H,6-9,15H2,1-3H3. The molecule has 1 amide bonds. The van der Waals surface area contributed by atoms with Crippen molar-refractivity contribution in [3.8, 4) is 0 Å². The molecule has 5 heteroatoms. The van der Waals surface area contributed by atoms with Crippen molar-refractivity contribution in [1.29, 1.82) is 0 Å².